The molecule has 1 rings (SSSR count). The van der Waals surface area contributed by atoms with Crippen LogP contribution in [-0.2, 0) is 0 Å². The third-order valence-electron chi connectivity index (χ3n) is 3.29. The van der Waals surface area contributed by atoms with Crippen molar-refractivity contribution >= 4 is 0 Å². The highest BCUT2D eigenvalue weighted by atomic mass is 16.5. The Labute approximate surface area is 126 Å². The van der Waals surface area contributed by atoms with Crippen molar-refractivity contribution in [3.8, 4) is 5.75 Å². The van der Waals surface area contributed by atoms with Gasteiger partial charge in [0.15, 0.2) is 0 Å². The van der Waals surface area contributed by atoms with Crippen molar-refractivity contribution in [2.45, 2.75) is 25.9 Å². The second-order valence-electron chi connectivity index (χ2n) is 5.44. The SMILES string of the molecule is CC(C)c1ccc(OC[C@H](O)CN(CCO)CCO)cc1. The Morgan fingerprint density at radius 2 is 1.62 bits per heavy atom. The zero-order valence-electron chi connectivity index (χ0n) is 12.9. The number of aliphatic hydroxyl groups excluding tert-OH is 3. The van der Waals surface area contributed by atoms with E-state index in [0.717, 1.165) is 5.75 Å². The molecule has 0 aliphatic carbocycles. The molecule has 0 saturated heterocycles. The molecule has 5 heteroatoms. The monoisotopic (exact) mass is 297 g/mol. The van der Waals surface area contributed by atoms with Crippen LogP contribution in [0, 0.1) is 0 Å². The second kappa shape index (κ2) is 9.73. The van der Waals surface area contributed by atoms with Gasteiger partial charge in [0.05, 0.1) is 13.2 Å². The number of hydrogen-bond acceptors (Lipinski definition) is 5. The predicted molar refractivity (Wildman–Crippen MR) is 82.6 cm³/mol. The molecule has 1 atom stereocenters. The van der Waals surface area contributed by atoms with Gasteiger partial charge in [-0.1, -0.05) is 26.0 Å². The van der Waals surface area contributed by atoms with Crippen molar-refractivity contribution in [3.63, 3.8) is 0 Å². The van der Waals surface area contributed by atoms with Crippen molar-refractivity contribution in [2.24, 2.45) is 0 Å². The Morgan fingerprint density at radius 1 is 1.05 bits per heavy atom. The maximum Gasteiger partial charge on any atom is 0.119 e. The van der Waals surface area contributed by atoms with Gasteiger partial charge >= 0.3 is 0 Å². The molecule has 120 valence electrons. The van der Waals surface area contributed by atoms with E-state index in [4.69, 9.17) is 14.9 Å². The maximum atomic E-state index is 9.95. The Balaban J connectivity index is 2.39. The summed E-state index contributed by atoms with van der Waals surface area (Å²) in [6.07, 6.45) is -0.659. The molecule has 0 radical (unpaired) electrons. The minimum Gasteiger partial charge on any atom is -0.491 e. The highest BCUT2D eigenvalue weighted by Crippen LogP contribution is 2.18. The summed E-state index contributed by atoms with van der Waals surface area (Å²) in [4.78, 5) is 1.80. The van der Waals surface area contributed by atoms with Gasteiger partial charge in [-0.25, -0.2) is 0 Å². The molecule has 21 heavy (non-hydrogen) atoms. The summed E-state index contributed by atoms with van der Waals surface area (Å²) in [5, 5.41) is 27.8. The zero-order valence-corrected chi connectivity index (χ0v) is 12.9. The van der Waals surface area contributed by atoms with Crippen LogP contribution in [0.5, 0.6) is 5.75 Å². The number of nitrogens with zero attached hydrogens (tertiary/aromatic N) is 1. The quantitative estimate of drug-likeness (QED) is 0.597. The Hall–Kier alpha value is -1.14. The van der Waals surface area contributed by atoms with E-state index in [9.17, 15) is 5.11 Å². The number of ether oxygens (including phenoxy) is 1. The Kier molecular flexibility index (Phi) is 8.30. The molecule has 0 unspecified atom stereocenters. The largest absolute Gasteiger partial charge is 0.491 e. The first-order valence-corrected chi connectivity index (χ1v) is 7.41. The summed E-state index contributed by atoms with van der Waals surface area (Å²) in [5.74, 6) is 1.21. The van der Waals surface area contributed by atoms with Gasteiger partial charge < -0.3 is 20.1 Å². The summed E-state index contributed by atoms with van der Waals surface area (Å²) < 4.78 is 5.56. The Morgan fingerprint density at radius 3 is 2.10 bits per heavy atom. The van der Waals surface area contributed by atoms with E-state index in [0.29, 0.717) is 25.6 Å². The fourth-order valence-corrected chi connectivity index (χ4v) is 2.07. The van der Waals surface area contributed by atoms with Crippen LogP contribution in [0.15, 0.2) is 24.3 Å². The predicted octanol–water partition coefficient (Wildman–Crippen LogP) is 0.836. The number of rotatable bonds is 10. The first-order chi connectivity index (χ1) is 10.1. The molecule has 0 amide bonds. The van der Waals surface area contributed by atoms with Crippen LogP contribution < -0.4 is 4.74 Å². The lowest BCUT2D eigenvalue weighted by atomic mass is 10.0. The normalized spacial score (nSPS) is 12.9. The van der Waals surface area contributed by atoms with Gasteiger partial charge in [0.25, 0.3) is 0 Å². The van der Waals surface area contributed by atoms with Gasteiger partial charge in [-0.3, -0.25) is 4.90 Å². The molecule has 1 aromatic rings. The first kappa shape index (κ1) is 17.9. The van der Waals surface area contributed by atoms with Crippen molar-refractivity contribution in [3.05, 3.63) is 29.8 Å². The highest BCUT2D eigenvalue weighted by Gasteiger charge is 2.12. The number of hydrogen-bond donors (Lipinski definition) is 3. The molecular formula is C16H27NO4. The van der Waals surface area contributed by atoms with Gasteiger partial charge in [0.2, 0.25) is 0 Å². The highest BCUT2D eigenvalue weighted by molar-refractivity contribution is 5.28. The van der Waals surface area contributed by atoms with E-state index in [1.54, 1.807) is 4.90 Å². The van der Waals surface area contributed by atoms with Crippen LogP contribution in [0.2, 0.25) is 0 Å². The molecule has 5 nitrogen and oxygen atoms in total. The fourth-order valence-electron chi connectivity index (χ4n) is 2.07. The molecular weight excluding hydrogens is 270 g/mol. The number of benzene rings is 1. The lowest BCUT2D eigenvalue weighted by Gasteiger charge is -2.23. The molecule has 0 heterocycles. The van der Waals surface area contributed by atoms with Crippen LogP contribution in [0.4, 0.5) is 0 Å². The molecule has 1 aromatic carbocycles. The maximum absolute atomic E-state index is 9.95. The lowest BCUT2D eigenvalue weighted by molar-refractivity contribution is 0.0552. The standard InChI is InChI=1S/C16H27NO4/c1-13(2)14-3-5-16(6-4-14)21-12-15(20)11-17(7-9-18)8-10-19/h3-6,13,15,18-20H,7-12H2,1-2H3/t15-/m1/s1. The van der Waals surface area contributed by atoms with Gasteiger partial charge in [-0.05, 0) is 23.6 Å². The average Bonchev–Trinajstić information content (AvgIpc) is 2.46. The molecule has 0 saturated carbocycles. The molecule has 0 aliphatic heterocycles. The van der Waals surface area contributed by atoms with Gasteiger partial charge in [0, 0.05) is 19.6 Å². The van der Waals surface area contributed by atoms with Crippen molar-refractivity contribution in [1.82, 2.24) is 4.90 Å². The topological polar surface area (TPSA) is 73.2 Å². The summed E-state index contributed by atoms with van der Waals surface area (Å²) in [6, 6.07) is 7.86. The van der Waals surface area contributed by atoms with Crippen LogP contribution in [-0.4, -0.2) is 65.8 Å². The van der Waals surface area contributed by atoms with Crippen LogP contribution in [0.1, 0.15) is 25.3 Å². The summed E-state index contributed by atoms with van der Waals surface area (Å²) in [6.45, 7) is 5.70. The average molecular weight is 297 g/mol. The minimum absolute atomic E-state index is 0.00421. The molecule has 0 bridgehead atoms. The molecule has 3 N–H and O–H groups in total. The molecule has 0 fully saturated rings. The van der Waals surface area contributed by atoms with E-state index in [1.807, 2.05) is 24.3 Å². The van der Waals surface area contributed by atoms with Gasteiger partial charge in [-0.15, -0.1) is 0 Å². The van der Waals surface area contributed by atoms with Crippen LogP contribution in [0.25, 0.3) is 0 Å². The second-order valence-corrected chi connectivity index (χ2v) is 5.44. The van der Waals surface area contributed by atoms with Crippen LogP contribution >= 0.6 is 0 Å². The van der Waals surface area contributed by atoms with E-state index in [-0.39, 0.29) is 19.8 Å². The van der Waals surface area contributed by atoms with E-state index in [1.165, 1.54) is 5.56 Å². The van der Waals surface area contributed by atoms with Gasteiger partial charge in [-0.2, -0.15) is 0 Å². The third-order valence-corrected chi connectivity index (χ3v) is 3.29. The van der Waals surface area contributed by atoms with Crippen molar-refractivity contribution < 1.29 is 20.1 Å². The molecule has 0 aliphatic rings. The fraction of sp³-hybridized carbons (Fsp3) is 0.625. The smallest absolute Gasteiger partial charge is 0.119 e. The van der Waals surface area contributed by atoms with Crippen molar-refractivity contribution in [1.29, 1.82) is 0 Å². The number of aliphatic hydroxyl groups is 3. The molecule has 0 aromatic heterocycles. The molecule has 0 spiro atoms. The lowest BCUT2D eigenvalue weighted by Crippen LogP contribution is -2.38. The summed E-state index contributed by atoms with van der Waals surface area (Å²) in [7, 11) is 0. The minimum atomic E-state index is -0.659. The van der Waals surface area contributed by atoms with E-state index >= 15 is 0 Å². The van der Waals surface area contributed by atoms with Gasteiger partial charge in [0.1, 0.15) is 18.5 Å². The summed E-state index contributed by atoms with van der Waals surface area (Å²) >= 11 is 0. The zero-order chi connectivity index (χ0) is 15.7. The first-order valence-electron chi connectivity index (χ1n) is 7.41. The van der Waals surface area contributed by atoms with E-state index < -0.39 is 6.10 Å². The third kappa shape index (κ3) is 6.91. The Bertz CT molecular complexity index is 374. The van der Waals surface area contributed by atoms with Crippen LogP contribution in [0.3, 0.4) is 0 Å². The summed E-state index contributed by atoms with van der Waals surface area (Å²) in [5.41, 5.74) is 1.25. The van der Waals surface area contributed by atoms with Crippen molar-refractivity contribution in [2.75, 3.05) is 39.5 Å². The van der Waals surface area contributed by atoms with E-state index in [2.05, 4.69) is 13.8 Å².